The van der Waals surface area contributed by atoms with Crippen molar-refractivity contribution in [3.63, 3.8) is 0 Å². The van der Waals surface area contributed by atoms with Crippen molar-refractivity contribution in [2.45, 2.75) is 88.5 Å². The summed E-state index contributed by atoms with van der Waals surface area (Å²) >= 11 is 0. The lowest BCUT2D eigenvalue weighted by Crippen LogP contribution is -2.48. The van der Waals surface area contributed by atoms with Crippen LogP contribution in [-0.4, -0.2) is 80.8 Å². The van der Waals surface area contributed by atoms with Crippen LogP contribution in [0.4, 0.5) is 0 Å². The second-order valence-corrected chi connectivity index (χ2v) is 8.24. The molecule has 0 bridgehead atoms. The topological polar surface area (TPSA) is 256 Å². The highest BCUT2D eigenvalue weighted by atomic mass is 16.7. The molecule has 0 amide bonds. The predicted octanol–water partition coefficient (Wildman–Crippen LogP) is -1.14. The van der Waals surface area contributed by atoms with E-state index in [0.29, 0.717) is 12.8 Å². The van der Waals surface area contributed by atoms with Gasteiger partial charge in [-0.05, 0) is 32.1 Å². The largest absolute Gasteiger partial charge is 0.510 e. The van der Waals surface area contributed by atoms with E-state index in [1.165, 1.54) is 13.1 Å². The third-order valence-corrected chi connectivity index (χ3v) is 5.60. The Balaban J connectivity index is 2.69. The van der Waals surface area contributed by atoms with Gasteiger partial charge >= 0.3 is 0 Å². The summed E-state index contributed by atoms with van der Waals surface area (Å²) in [6.07, 6.45) is -1.90. The van der Waals surface area contributed by atoms with Crippen molar-refractivity contribution in [2.24, 2.45) is 22.9 Å². The van der Waals surface area contributed by atoms with E-state index in [-0.39, 0.29) is 54.6 Å². The minimum absolute atomic E-state index is 0.0102. The third kappa shape index (κ3) is 8.92. The molecule has 1 fully saturated rings. The molecule has 0 aromatic rings. The minimum Gasteiger partial charge on any atom is -0.510 e. The summed E-state index contributed by atoms with van der Waals surface area (Å²) in [6, 6.07) is -1.22. The van der Waals surface area contributed by atoms with E-state index in [2.05, 4.69) is 5.32 Å². The average molecular weight is 492 g/mol. The van der Waals surface area contributed by atoms with Crippen LogP contribution in [0.2, 0.25) is 0 Å². The van der Waals surface area contributed by atoms with Crippen molar-refractivity contribution in [1.29, 1.82) is 0 Å². The molecule has 0 spiro atoms. The molecule has 1 rings (SSSR count). The van der Waals surface area contributed by atoms with Gasteiger partial charge in [0.25, 0.3) is 0 Å². The first-order valence-electron chi connectivity index (χ1n) is 11.2. The van der Waals surface area contributed by atoms with Crippen LogP contribution in [0, 0.1) is 0 Å². The monoisotopic (exact) mass is 491 g/mol. The number of hydrogen-bond donors (Lipinski definition) is 11. The van der Waals surface area contributed by atoms with Gasteiger partial charge in [-0.2, -0.15) is 0 Å². The lowest BCUT2D eigenvalue weighted by atomic mass is 9.89. The van der Waals surface area contributed by atoms with Crippen molar-refractivity contribution in [2.75, 3.05) is 7.05 Å². The number of aliphatic hydroxyl groups is 6. The first-order chi connectivity index (χ1) is 15.9. The van der Waals surface area contributed by atoms with Gasteiger partial charge in [-0.15, -0.1) is 0 Å². The van der Waals surface area contributed by atoms with Gasteiger partial charge in [0.05, 0.1) is 17.8 Å². The zero-order valence-corrected chi connectivity index (χ0v) is 19.7. The Morgan fingerprint density at radius 2 is 1.71 bits per heavy atom. The second kappa shape index (κ2) is 14.3. The molecule has 34 heavy (non-hydrogen) atoms. The summed E-state index contributed by atoms with van der Waals surface area (Å²) in [4.78, 5) is 0. The number of allylic oxidation sites excluding steroid dienone is 2. The highest BCUT2D eigenvalue weighted by molar-refractivity contribution is 5.12. The molecule has 0 aromatic heterocycles. The maximum absolute atomic E-state index is 10.3. The minimum atomic E-state index is -2.09. The number of likely N-dealkylation sites (N-methyl/N-ethyl adjacent to an activating group) is 1. The molecular formula is C21H41N5O8. The molecular weight excluding hydrogens is 450 g/mol. The van der Waals surface area contributed by atoms with Crippen LogP contribution in [0.15, 0.2) is 34.7 Å². The van der Waals surface area contributed by atoms with Crippen LogP contribution in [0.25, 0.3) is 0 Å². The lowest BCUT2D eigenvalue weighted by Gasteiger charge is -2.33. The van der Waals surface area contributed by atoms with Gasteiger partial charge in [-0.25, -0.2) is 0 Å². The van der Waals surface area contributed by atoms with Crippen LogP contribution in [0.3, 0.4) is 0 Å². The van der Waals surface area contributed by atoms with Crippen molar-refractivity contribution in [3.8, 4) is 0 Å². The maximum Gasteiger partial charge on any atom is 0.220 e. The van der Waals surface area contributed by atoms with E-state index in [4.69, 9.17) is 32.4 Å². The van der Waals surface area contributed by atoms with Crippen molar-refractivity contribution >= 4 is 0 Å². The first-order valence-corrected chi connectivity index (χ1v) is 11.2. The van der Waals surface area contributed by atoms with Crippen LogP contribution >= 0.6 is 0 Å². The summed E-state index contributed by atoms with van der Waals surface area (Å²) in [7, 11) is 1.39. The fourth-order valence-electron chi connectivity index (χ4n) is 3.41. The second-order valence-electron chi connectivity index (χ2n) is 8.24. The summed E-state index contributed by atoms with van der Waals surface area (Å²) in [6.45, 7) is 1.66. The van der Waals surface area contributed by atoms with Gasteiger partial charge in [0.1, 0.15) is 11.5 Å². The molecule has 15 N–H and O–H groups in total. The van der Waals surface area contributed by atoms with E-state index in [1.54, 1.807) is 6.92 Å². The molecule has 1 saturated carbocycles. The van der Waals surface area contributed by atoms with E-state index in [0.717, 1.165) is 6.42 Å². The Hall–Kier alpha value is -2.10. The number of rotatable bonds is 13. The Labute approximate surface area is 199 Å². The molecule has 1 aliphatic rings. The van der Waals surface area contributed by atoms with Gasteiger partial charge in [-0.3, -0.25) is 0 Å². The quantitative estimate of drug-likeness (QED) is 0.108. The van der Waals surface area contributed by atoms with Crippen molar-refractivity contribution in [1.82, 2.24) is 5.32 Å². The number of ether oxygens (including phenoxy) is 2. The zero-order chi connectivity index (χ0) is 26.0. The fourth-order valence-corrected chi connectivity index (χ4v) is 3.41. The molecule has 0 aliphatic heterocycles. The summed E-state index contributed by atoms with van der Waals surface area (Å²) in [5, 5.41) is 62.7. The standard InChI is InChI=1S/C21H41N5O8/c1-3-11(23)17(28)18(29)21(32)34-20(31)16(26-2)14(27)6-4-5-12(24)19(30)33-15-8-7-10(22)9-13(15)25/h5,10-11,13,15,19-21,26-32H,3-4,6-9,22-25H2,1-2H3/b12-5+,16-14+,18-17+/t10-,11+,13?,15-,19+,20?,21+/m0/s1. The lowest BCUT2D eigenvalue weighted by molar-refractivity contribution is -0.189. The summed E-state index contributed by atoms with van der Waals surface area (Å²) < 4.78 is 10.4. The molecule has 198 valence electrons. The normalized spacial score (nSPS) is 26.7. The highest BCUT2D eigenvalue weighted by Gasteiger charge is 2.29. The molecule has 0 saturated heterocycles. The molecule has 1 aliphatic carbocycles. The van der Waals surface area contributed by atoms with Crippen LogP contribution in [-0.2, 0) is 9.47 Å². The Morgan fingerprint density at radius 1 is 1.06 bits per heavy atom. The highest BCUT2D eigenvalue weighted by Crippen LogP contribution is 2.21. The van der Waals surface area contributed by atoms with Gasteiger partial charge in [0.15, 0.2) is 17.8 Å². The molecule has 13 heteroatoms. The van der Waals surface area contributed by atoms with E-state index in [9.17, 15) is 30.6 Å². The molecule has 7 atom stereocenters. The Bertz CT molecular complexity index is 732. The van der Waals surface area contributed by atoms with Gasteiger partial charge in [0.2, 0.25) is 12.6 Å². The van der Waals surface area contributed by atoms with E-state index >= 15 is 0 Å². The molecule has 13 nitrogen and oxygen atoms in total. The van der Waals surface area contributed by atoms with Gasteiger partial charge in [0, 0.05) is 25.6 Å². The fraction of sp³-hybridized carbons (Fsp3) is 0.714. The molecule has 0 aromatic carbocycles. The zero-order valence-electron chi connectivity index (χ0n) is 19.7. The number of nitrogens with two attached hydrogens (primary N) is 4. The summed E-state index contributed by atoms with van der Waals surface area (Å²) in [5.41, 5.74) is 23.1. The predicted molar refractivity (Wildman–Crippen MR) is 125 cm³/mol. The Kier molecular flexibility index (Phi) is 12.6. The smallest absolute Gasteiger partial charge is 0.220 e. The van der Waals surface area contributed by atoms with E-state index < -0.39 is 36.4 Å². The van der Waals surface area contributed by atoms with Gasteiger partial charge < -0.3 is 68.4 Å². The molecule has 0 radical (unpaired) electrons. The number of hydrogen-bond acceptors (Lipinski definition) is 13. The van der Waals surface area contributed by atoms with Crippen LogP contribution in [0.1, 0.15) is 45.4 Å². The molecule has 2 unspecified atom stereocenters. The third-order valence-electron chi connectivity index (χ3n) is 5.60. The molecule has 0 heterocycles. The average Bonchev–Trinajstić information content (AvgIpc) is 2.79. The van der Waals surface area contributed by atoms with Crippen LogP contribution in [0.5, 0.6) is 0 Å². The van der Waals surface area contributed by atoms with Gasteiger partial charge in [-0.1, -0.05) is 13.0 Å². The summed E-state index contributed by atoms with van der Waals surface area (Å²) in [5.74, 6) is -1.96. The number of aliphatic hydroxyl groups excluding tert-OH is 6. The number of nitrogens with one attached hydrogen (secondary N) is 1. The SMILES string of the molecule is CC[C@@H](N)/C(O)=C(\O)[C@H](O)OC(O)/C(NC)=C(\O)CC/C=C(/N)[C@H](O)O[C@H]1CC[C@H](N)CC1N. The first kappa shape index (κ1) is 29.9. The van der Waals surface area contributed by atoms with Crippen LogP contribution < -0.4 is 28.3 Å². The van der Waals surface area contributed by atoms with E-state index in [1.807, 2.05) is 0 Å². The van der Waals surface area contributed by atoms with Crippen molar-refractivity contribution < 1.29 is 40.1 Å². The van der Waals surface area contributed by atoms with Crippen molar-refractivity contribution in [3.05, 3.63) is 34.7 Å². The maximum atomic E-state index is 10.3. The Morgan fingerprint density at radius 3 is 2.26 bits per heavy atom.